The van der Waals surface area contributed by atoms with Crippen LogP contribution in [-0.4, -0.2) is 18.5 Å². The number of esters is 1. The molecule has 0 bridgehead atoms. The Balaban J connectivity index is 1.98. The van der Waals surface area contributed by atoms with Gasteiger partial charge >= 0.3 is 5.97 Å². The molecule has 0 spiro atoms. The second-order valence-electron chi connectivity index (χ2n) is 6.78. The summed E-state index contributed by atoms with van der Waals surface area (Å²) in [5, 5.41) is 15.6. The van der Waals surface area contributed by atoms with Gasteiger partial charge in [-0.05, 0) is 49.7 Å². The van der Waals surface area contributed by atoms with Crippen molar-refractivity contribution in [3.05, 3.63) is 81.0 Å². The molecular formula is C24H19Cl2N3O4. The molecule has 1 amide bonds. The maximum atomic E-state index is 12.7. The summed E-state index contributed by atoms with van der Waals surface area (Å²) < 4.78 is 10.8. The van der Waals surface area contributed by atoms with Crippen molar-refractivity contribution in [1.82, 2.24) is 0 Å². The Morgan fingerprint density at radius 2 is 1.85 bits per heavy atom. The van der Waals surface area contributed by atoms with Gasteiger partial charge in [-0.1, -0.05) is 41.4 Å². The molecule has 3 aromatic rings. The zero-order valence-corrected chi connectivity index (χ0v) is 19.3. The van der Waals surface area contributed by atoms with Crippen molar-refractivity contribution in [3.63, 3.8) is 0 Å². The van der Waals surface area contributed by atoms with Gasteiger partial charge in [0.25, 0.3) is 5.91 Å². The lowest BCUT2D eigenvalue weighted by molar-refractivity contribution is -0.112. The molecule has 2 N–H and O–H groups in total. The Morgan fingerprint density at radius 3 is 2.48 bits per heavy atom. The van der Waals surface area contributed by atoms with Crippen molar-refractivity contribution in [3.8, 4) is 6.07 Å². The first-order valence-electron chi connectivity index (χ1n) is 9.84. The van der Waals surface area contributed by atoms with Crippen molar-refractivity contribution in [2.75, 3.05) is 17.2 Å². The molecule has 1 aromatic heterocycles. The maximum Gasteiger partial charge on any atom is 0.345 e. The third-order valence-corrected chi connectivity index (χ3v) is 5.12. The molecule has 2 aromatic carbocycles. The zero-order chi connectivity index (χ0) is 24.0. The maximum absolute atomic E-state index is 12.7. The summed E-state index contributed by atoms with van der Waals surface area (Å²) in [4.78, 5) is 25.2. The minimum absolute atomic E-state index is 0.00336. The smallest absolute Gasteiger partial charge is 0.345 e. The number of carbonyl (C=O) groups excluding carboxylic acids is 2. The highest BCUT2D eigenvalue weighted by Gasteiger charge is 2.26. The highest BCUT2D eigenvalue weighted by atomic mass is 35.5. The van der Waals surface area contributed by atoms with Gasteiger partial charge in [-0.15, -0.1) is 0 Å². The first-order valence-corrected chi connectivity index (χ1v) is 10.6. The van der Waals surface area contributed by atoms with Gasteiger partial charge < -0.3 is 19.8 Å². The number of rotatable bonds is 7. The number of benzene rings is 2. The number of hydrogen-bond donors (Lipinski definition) is 2. The Kier molecular flexibility index (Phi) is 7.78. The Labute approximate surface area is 200 Å². The third kappa shape index (κ3) is 5.75. The Hall–Kier alpha value is -3.73. The fourth-order valence-electron chi connectivity index (χ4n) is 2.84. The van der Waals surface area contributed by atoms with Crippen molar-refractivity contribution in [2.24, 2.45) is 0 Å². The number of nitrogens with zero attached hydrogens (tertiary/aromatic N) is 1. The van der Waals surface area contributed by atoms with Crippen LogP contribution in [0.4, 0.5) is 17.3 Å². The standard InChI is InChI=1S/C24H19Cl2N3O4/c1-3-32-24(31)20-21(26)19(33-23(20)28-17-10-8-16(25)9-11-17)12-15(13-27)22(30)29-18-7-5-4-6-14(18)2/h4-12,28H,3H2,1-2H3,(H,29,30)/b15-12+. The summed E-state index contributed by atoms with van der Waals surface area (Å²) in [6.45, 7) is 3.60. The number of ether oxygens (including phenoxy) is 1. The third-order valence-electron chi connectivity index (χ3n) is 4.49. The number of amides is 1. The highest BCUT2D eigenvalue weighted by Crippen LogP contribution is 2.36. The van der Waals surface area contributed by atoms with E-state index in [-0.39, 0.29) is 34.4 Å². The zero-order valence-electron chi connectivity index (χ0n) is 17.7. The second-order valence-corrected chi connectivity index (χ2v) is 7.59. The van der Waals surface area contributed by atoms with Crippen LogP contribution < -0.4 is 10.6 Å². The molecule has 168 valence electrons. The molecular weight excluding hydrogens is 465 g/mol. The average Bonchev–Trinajstić information content (AvgIpc) is 3.09. The Morgan fingerprint density at radius 1 is 1.15 bits per heavy atom. The number of furan rings is 1. The number of hydrogen-bond acceptors (Lipinski definition) is 6. The number of halogens is 2. The molecule has 0 aliphatic heterocycles. The minimum atomic E-state index is -0.717. The van der Waals surface area contributed by atoms with E-state index in [4.69, 9.17) is 32.4 Å². The number of carbonyl (C=O) groups is 2. The van der Waals surface area contributed by atoms with Crippen LogP contribution in [0.2, 0.25) is 10.0 Å². The van der Waals surface area contributed by atoms with E-state index >= 15 is 0 Å². The topological polar surface area (TPSA) is 104 Å². The van der Waals surface area contributed by atoms with Crippen LogP contribution in [0.15, 0.2) is 58.5 Å². The quantitative estimate of drug-likeness (QED) is 0.230. The summed E-state index contributed by atoms with van der Waals surface area (Å²) in [5.74, 6) is -1.41. The fourth-order valence-corrected chi connectivity index (χ4v) is 3.22. The van der Waals surface area contributed by atoms with Gasteiger partial charge in [0.15, 0.2) is 5.76 Å². The second kappa shape index (κ2) is 10.7. The van der Waals surface area contributed by atoms with Gasteiger partial charge in [0.05, 0.1) is 6.61 Å². The molecule has 0 unspecified atom stereocenters. The van der Waals surface area contributed by atoms with Gasteiger partial charge in [-0.25, -0.2) is 4.79 Å². The van der Waals surface area contributed by atoms with Crippen LogP contribution in [0.1, 0.15) is 28.6 Å². The van der Waals surface area contributed by atoms with Crippen molar-refractivity contribution in [2.45, 2.75) is 13.8 Å². The van der Waals surface area contributed by atoms with Gasteiger partial charge in [0.1, 0.15) is 22.2 Å². The summed E-state index contributed by atoms with van der Waals surface area (Å²) >= 11 is 12.3. The van der Waals surface area contributed by atoms with Crippen molar-refractivity contribution in [1.29, 1.82) is 5.26 Å². The number of anilines is 3. The number of nitriles is 1. The molecule has 7 nitrogen and oxygen atoms in total. The number of nitrogens with one attached hydrogen (secondary N) is 2. The molecule has 0 aliphatic rings. The molecule has 1 heterocycles. The van der Waals surface area contributed by atoms with Crippen LogP contribution in [0.5, 0.6) is 0 Å². The first kappa shape index (κ1) is 23.9. The van der Waals surface area contributed by atoms with E-state index < -0.39 is 11.9 Å². The molecule has 0 atom stereocenters. The molecule has 0 aliphatic carbocycles. The van der Waals surface area contributed by atoms with Crippen molar-refractivity contribution >= 4 is 58.4 Å². The summed E-state index contributed by atoms with van der Waals surface area (Å²) in [6, 6.07) is 15.7. The normalized spacial score (nSPS) is 10.9. The van der Waals surface area contributed by atoms with Crippen LogP contribution in [0, 0.1) is 18.3 Å². The van der Waals surface area contributed by atoms with E-state index in [1.54, 1.807) is 43.3 Å². The SMILES string of the molecule is CCOC(=O)c1c(Nc2ccc(Cl)cc2)oc(/C=C(\C#N)C(=O)Nc2ccccc2C)c1Cl. The summed E-state index contributed by atoms with van der Waals surface area (Å²) in [5.41, 5.74) is 1.65. The van der Waals surface area contributed by atoms with E-state index in [1.807, 2.05) is 25.1 Å². The van der Waals surface area contributed by atoms with E-state index in [2.05, 4.69) is 10.6 Å². The average molecular weight is 484 g/mol. The predicted molar refractivity (Wildman–Crippen MR) is 128 cm³/mol. The van der Waals surface area contributed by atoms with Gasteiger partial charge in [-0.3, -0.25) is 4.79 Å². The lowest BCUT2D eigenvalue weighted by atomic mass is 10.1. The van der Waals surface area contributed by atoms with Crippen molar-refractivity contribution < 1.29 is 18.7 Å². The van der Waals surface area contributed by atoms with E-state index in [0.29, 0.717) is 16.4 Å². The molecule has 0 saturated heterocycles. The molecule has 33 heavy (non-hydrogen) atoms. The monoisotopic (exact) mass is 483 g/mol. The lowest BCUT2D eigenvalue weighted by Gasteiger charge is -2.07. The highest BCUT2D eigenvalue weighted by molar-refractivity contribution is 6.36. The Bertz CT molecular complexity index is 1260. The van der Waals surface area contributed by atoms with Crippen LogP contribution in [0.3, 0.4) is 0 Å². The molecule has 0 radical (unpaired) electrons. The molecule has 3 rings (SSSR count). The van der Waals surface area contributed by atoms with Crippen LogP contribution in [0.25, 0.3) is 6.08 Å². The van der Waals surface area contributed by atoms with Gasteiger partial charge in [0, 0.05) is 22.5 Å². The minimum Gasteiger partial charge on any atom is -0.462 e. The fraction of sp³-hybridized carbons (Fsp3) is 0.125. The summed E-state index contributed by atoms with van der Waals surface area (Å²) in [7, 11) is 0. The van der Waals surface area contributed by atoms with E-state index in [0.717, 1.165) is 5.56 Å². The summed E-state index contributed by atoms with van der Waals surface area (Å²) in [6.07, 6.45) is 1.17. The molecule has 9 heteroatoms. The number of para-hydroxylation sites is 1. The largest absolute Gasteiger partial charge is 0.462 e. The number of aryl methyl sites for hydroxylation is 1. The van der Waals surface area contributed by atoms with Crippen LogP contribution >= 0.6 is 23.2 Å². The molecule has 0 fully saturated rings. The van der Waals surface area contributed by atoms with E-state index in [1.165, 1.54) is 6.08 Å². The molecule has 0 saturated carbocycles. The van der Waals surface area contributed by atoms with E-state index in [9.17, 15) is 14.9 Å². The first-order chi connectivity index (χ1) is 15.8. The van der Waals surface area contributed by atoms with Gasteiger partial charge in [-0.2, -0.15) is 5.26 Å². The van der Waals surface area contributed by atoms with Crippen LogP contribution in [-0.2, 0) is 9.53 Å². The predicted octanol–water partition coefficient (Wildman–Crippen LogP) is 6.36. The lowest BCUT2D eigenvalue weighted by Crippen LogP contribution is -2.14. The van der Waals surface area contributed by atoms with Gasteiger partial charge in [0.2, 0.25) is 5.88 Å².